The molecule has 0 spiro atoms. The van der Waals surface area contributed by atoms with Crippen molar-refractivity contribution < 1.29 is 0 Å². The van der Waals surface area contributed by atoms with E-state index in [2.05, 4.69) is 49.5 Å². The first-order valence-electron chi connectivity index (χ1n) is 4.26. The molecule has 0 fully saturated rings. The lowest BCUT2D eigenvalue weighted by Gasteiger charge is -2.05. The summed E-state index contributed by atoms with van der Waals surface area (Å²) in [5.41, 5.74) is 0.790. The lowest BCUT2D eigenvalue weighted by Crippen LogP contribution is -2.21. The third-order valence-electron chi connectivity index (χ3n) is 1.52. The number of nitrogens with one attached hydrogen (secondary N) is 1. The van der Waals surface area contributed by atoms with E-state index in [1.165, 1.54) is 6.34 Å². The van der Waals surface area contributed by atoms with Crippen LogP contribution in [0.15, 0.2) is 41.1 Å². The smallest absolute Gasteiger partial charge is 0.158 e. The maximum absolute atomic E-state index is 4.24. The van der Waals surface area contributed by atoms with Crippen molar-refractivity contribution in [2.75, 3.05) is 7.05 Å². The van der Waals surface area contributed by atoms with E-state index in [-0.39, 0.29) is 0 Å². The van der Waals surface area contributed by atoms with Gasteiger partial charge in [0.2, 0.25) is 0 Å². The zero-order chi connectivity index (χ0) is 11.1. The van der Waals surface area contributed by atoms with Gasteiger partial charge in [0, 0.05) is 16.8 Å². The minimum Gasteiger partial charge on any atom is -0.345 e. The van der Waals surface area contributed by atoms with E-state index in [1.807, 2.05) is 12.1 Å². The minimum atomic E-state index is 0.639. The summed E-state index contributed by atoms with van der Waals surface area (Å²) < 4.78 is 1.02. The number of pyridine rings is 1. The van der Waals surface area contributed by atoms with Crippen molar-refractivity contribution in [3.63, 3.8) is 0 Å². The molecule has 5 heteroatoms. The first kappa shape index (κ1) is 11.8. The number of aliphatic imine (C=N–C) groups is 2. The van der Waals surface area contributed by atoms with Crippen LogP contribution in [-0.4, -0.2) is 24.2 Å². The van der Waals surface area contributed by atoms with E-state index < -0.39 is 0 Å². The van der Waals surface area contributed by atoms with Gasteiger partial charge in [0.1, 0.15) is 12.0 Å². The van der Waals surface area contributed by atoms with Crippen molar-refractivity contribution >= 4 is 34.8 Å². The van der Waals surface area contributed by atoms with Crippen molar-refractivity contribution in [1.29, 1.82) is 0 Å². The van der Waals surface area contributed by atoms with Gasteiger partial charge in [0.15, 0.2) is 5.84 Å². The zero-order valence-electron chi connectivity index (χ0n) is 8.31. The molecular formula is C10H11IN4. The molecule has 1 heterocycles. The molecule has 0 unspecified atom stereocenters. The highest BCUT2D eigenvalue weighted by atomic mass is 127. The van der Waals surface area contributed by atoms with Crippen LogP contribution in [0.5, 0.6) is 0 Å². The van der Waals surface area contributed by atoms with Gasteiger partial charge in [0.25, 0.3) is 0 Å². The third kappa shape index (κ3) is 3.43. The minimum absolute atomic E-state index is 0.639. The van der Waals surface area contributed by atoms with Crippen LogP contribution in [0.1, 0.15) is 5.69 Å². The number of hydrogen-bond donors (Lipinski definition) is 1. The summed E-state index contributed by atoms with van der Waals surface area (Å²) >= 11 is 2.20. The Labute approximate surface area is 102 Å². The predicted octanol–water partition coefficient (Wildman–Crippen LogP) is 1.82. The summed E-state index contributed by atoms with van der Waals surface area (Å²) in [6, 6.07) is 3.84. The van der Waals surface area contributed by atoms with Gasteiger partial charge < -0.3 is 5.32 Å². The maximum atomic E-state index is 4.24. The van der Waals surface area contributed by atoms with E-state index in [9.17, 15) is 0 Å². The lowest BCUT2D eigenvalue weighted by atomic mass is 10.3. The predicted molar refractivity (Wildman–Crippen MR) is 71.2 cm³/mol. The molecule has 0 saturated carbocycles. The summed E-state index contributed by atoms with van der Waals surface area (Å²) in [5.74, 6) is 0.639. The van der Waals surface area contributed by atoms with Crippen LogP contribution in [0, 0.1) is 3.57 Å². The summed E-state index contributed by atoms with van der Waals surface area (Å²) in [6.07, 6.45) is 4.75. The maximum Gasteiger partial charge on any atom is 0.158 e. The van der Waals surface area contributed by atoms with Crippen molar-refractivity contribution in [2.45, 2.75) is 0 Å². The number of amidine groups is 1. The van der Waals surface area contributed by atoms with Gasteiger partial charge in [-0.15, -0.1) is 0 Å². The number of halogens is 1. The fourth-order valence-electron chi connectivity index (χ4n) is 0.939. The first-order chi connectivity index (χ1) is 7.29. The Bertz CT molecular complexity index is 398. The molecular weight excluding hydrogens is 303 g/mol. The highest BCUT2D eigenvalue weighted by molar-refractivity contribution is 14.1. The van der Waals surface area contributed by atoms with Crippen LogP contribution in [0.4, 0.5) is 0 Å². The molecule has 0 aliphatic heterocycles. The molecule has 0 aliphatic rings. The van der Waals surface area contributed by atoms with Gasteiger partial charge in [-0.3, -0.25) is 9.98 Å². The molecule has 0 aromatic carbocycles. The fraction of sp³-hybridized carbons (Fsp3) is 0.100. The second-order valence-corrected chi connectivity index (χ2v) is 3.70. The topological polar surface area (TPSA) is 49.6 Å². The standard InChI is InChI=1S/C10H11IN4/c1-3-13-10(15-7-12-2)9-8(11)5-4-6-14-9/h3-7H,1H2,2H3,(H,12,13,15). The molecule has 0 radical (unpaired) electrons. The second-order valence-electron chi connectivity index (χ2n) is 2.53. The highest BCUT2D eigenvalue weighted by Crippen LogP contribution is 2.08. The Morgan fingerprint density at radius 2 is 2.47 bits per heavy atom. The van der Waals surface area contributed by atoms with Crippen LogP contribution in [0.3, 0.4) is 0 Å². The monoisotopic (exact) mass is 314 g/mol. The molecule has 0 atom stereocenters. The molecule has 1 aromatic heterocycles. The van der Waals surface area contributed by atoms with Crippen molar-refractivity contribution in [3.8, 4) is 0 Å². The summed E-state index contributed by atoms with van der Waals surface area (Å²) in [4.78, 5) is 12.2. The van der Waals surface area contributed by atoms with E-state index in [0.717, 1.165) is 9.26 Å². The molecule has 1 aromatic rings. The van der Waals surface area contributed by atoms with Gasteiger partial charge in [-0.05, 0) is 40.9 Å². The molecule has 15 heavy (non-hydrogen) atoms. The van der Waals surface area contributed by atoms with Crippen molar-refractivity contribution in [1.82, 2.24) is 10.3 Å². The highest BCUT2D eigenvalue weighted by Gasteiger charge is 2.06. The van der Waals surface area contributed by atoms with Crippen LogP contribution < -0.4 is 5.32 Å². The van der Waals surface area contributed by atoms with Crippen LogP contribution in [0.2, 0.25) is 0 Å². The van der Waals surface area contributed by atoms with Gasteiger partial charge in [-0.2, -0.15) is 0 Å². The molecule has 4 nitrogen and oxygen atoms in total. The molecule has 0 bridgehead atoms. The number of hydrogen-bond acceptors (Lipinski definition) is 2. The SMILES string of the molecule is C=CNC(=NC=NC)c1ncccc1I. The Balaban J connectivity index is 3.09. The zero-order valence-corrected chi connectivity index (χ0v) is 10.5. The molecule has 0 amide bonds. The Morgan fingerprint density at radius 3 is 3.07 bits per heavy atom. The van der Waals surface area contributed by atoms with Gasteiger partial charge in [0.05, 0.1) is 0 Å². The summed E-state index contributed by atoms with van der Waals surface area (Å²) in [6.45, 7) is 3.60. The van der Waals surface area contributed by atoms with Crippen molar-refractivity contribution in [2.24, 2.45) is 9.98 Å². The quantitative estimate of drug-likeness (QED) is 0.526. The Kier molecular flexibility index (Phi) is 4.96. The van der Waals surface area contributed by atoms with E-state index in [1.54, 1.807) is 19.4 Å². The van der Waals surface area contributed by atoms with Crippen LogP contribution in [-0.2, 0) is 0 Å². The first-order valence-corrected chi connectivity index (χ1v) is 5.34. The third-order valence-corrected chi connectivity index (χ3v) is 2.39. The normalized spacial score (nSPS) is 11.7. The van der Waals surface area contributed by atoms with E-state index in [4.69, 9.17) is 0 Å². The average Bonchev–Trinajstić information content (AvgIpc) is 2.25. The molecule has 78 valence electrons. The van der Waals surface area contributed by atoms with Crippen molar-refractivity contribution in [3.05, 3.63) is 40.4 Å². The number of nitrogens with zero attached hydrogens (tertiary/aromatic N) is 3. The number of rotatable bonds is 3. The average molecular weight is 314 g/mol. The molecule has 0 saturated heterocycles. The molecule has 1 N–H and O–H groups in total. The van der Waals surface area contributed by atoms with E-state index in [0.29, 0.717) is 5.84 Å². The summed E-state index contributed by atoms with van der Waals surface area (Å²) in [5, 5.41) is 2.93. The number of aromatic nitrogens is 1. The van der Waals surface area contributed by atoms with E-state index >= 15 is 0 Å². The van der Waals surface area contributed by atoms with Crippen LogP contribution in [0.25, 0.3) is 0 Å². The summed E-state index contributed by atoms with van der Waals surface area (Å²) in [7, 11) is 1.67. The lowest BCUT2D eigenvalue weighted by molar-refractivity contribution is 1.19. The molecule has 1 rings (SSSR count). The van der Waals surface area contributed by atoms with Gasteiger partial charge >= 0.3 is 0 Å². The van der Waals surface area contributed by atoms with Gasteiger partial charge in [-0.25, -0.2) is 4.99 Å². The van der Waals surface area contributed by atoms with Gasteiger partial charge in [-0.1, -0.05) is 6.58 Å². The molecule has 0 aliphatic carbocycles. The Morgan fingerprint density at radius 1 is 1.67 bits per heavy atom. The Hall–Kier alpha value is -1.24. The van der Waals surface area contributed by atoms with Crippen LogP contribution >= 0.6 is 22.6 Å². The largest absolute Gasteiger partial charge is 0.345 e. The second kappa shape index (κ2) is 6.28. The fourth-order valence-corrected chi connectivity index (χ4v) is 1.54.